The molecule has 0 amide bonds. The maximum Gasteiger partial charge on any atom is 0.277 e. The molecule has 1 aromatic carbocycles. The van der Waals surface area contributed by atoms with E-state index in [1.54, 1.807) is 0 Å². The number of hydroxylamine groups is 2. The summed E-state index contributed by atoms with van der Waals surface area (Å²) in [5.74, 6) is 0. The van der Waals surface area contributed by atoms with Gasteiger partial charge in [-0.25, -0.2) is 0 Å². The minimum Gasteiger partial charge on any atom is -0.623 e. The molecule has 1 N–H and O–H groups in total. The van der Waals surface area contributed by atoms with E-state index in [4.69, 9.17) is 58.0 Å². The summed E-state index contributed by atoms with van der Waals surface area (Å²) in [6.07, 6.45) is 4.04. The minimum atomic E-state index is -2.69. The molecule has 0 aliphatic carbocycles. The quantitative estimate of drug-likeness (QED) is 0.345. The topological polar surface area (TPSA) is 61.6 Å². The van der Waals surface area contributed by atoms with E-state index in [2.05, 4.69) is 0 Å². The number of nitrogens with one attached hydrogen (secondary N) is 1. The molecule has 2 rings (SSSR count). The molecule has 0 radical (unpaired) electrons. The smallest absolute Gasteiger partial charge is 0.277 e. The molecule has 1 unspecified atom stereocenters. The number of halogens is 5. The van der Waals surface area contributed by atoms with E-state index in [0.717, 1.165) is 6.20 Å². The molecular formula is C12H6Cl5NO3S. The van der Waals surface area contributed by atoms with E-state index < -0.39 is 15.4 Å². The van der Waals surface area contributed by atoms with Gasteiger partial charge in [-0.05, 0) is 17.7 Å². The first-order chi connectivity index (χ1) is 10.3. The molecule has 0 spiro atoms. The van der Waals surface area contributed by atoms with Crippen LogP contribution in [-0.2, 0) is 16.7 Å². The number of rotatable bonds is 2. The van der Waals surface area contributed by atoms with Gasteiger partial charge in [0.15, 0.2) is 0 Å². The summed E-state index contributed by atoms with van der Waals surface area (Å²) in [7, 11) is -2.69. The number of hydrogen-bond acceptors (Lipinski definition) is 3. The molecule has 1 aliphatic heterocycles. The maximum atomic E-state index is 11.7. The monoisotopic (exact) mass is 419 g/mol. The first-order valence-electron chi connectivity index (χ1n) is 5.64. The summed E-state index contributed by atoms with van der Waals surface area (Å²) in [6, 6.07) is 0. The third kappa shape index (κ3) is 3.32. The lowest BCUT2D eigenvalue weighted by atomic mass is 10.0. The fraction of sp³-hybridized carbons (Fsp3) is 0.0833. The molecule has 0 aromatic heterocycles. The van der Waals surface area contributed by atoms with Crippen LogP contribution in [0.3, 0.4) is 0 Å². The Labute approximate surface area is 152 Å². The Bertz CT molecular complexity index is 808. The van der Waals surface area contributed by atoms with Crippen molar-refractivity contribution < 1.29 is 13.5 Å². The van der Waals surface area contributed by atoms with Crippen molar-refractivity contribution in [2.45, 2.75) is 6.42 Å². The van der Waals surface area contributed by atoms with Gasteiger partial charge in [-0.2, -0.15) is 8.42 Å². The van der Waals surface area contributed by atoms with Gasteiger partial charge in [0.2, 0.25) is 0 Å². The molecule has 1 atom stereocenters. The van der Waals surface area contributed by atoms with Gasteiger partial charge in [-0.15, -0.1) is 0 Å². The van der Waals surface area contributed by atoms with Crippen molar-refractivity contribution in [2.24, 2.45) is 0 Å². The number of hydrogen-bond donors (Lipinski definition) is 1. The Balaban J connectivity index is 2.59. The van der Waals surface area contributed by atoms with E-state index in [-0.39, 0.29) is 42.1 Å². The Hall–Kier alpha value is -0.240. The van der Waals surface area contributed by atoms with Crippen LogP contribution >= 0.6 is 58.0 Å². The fourth-order valence-electron chi connectivity index (χ4n) is 1.89. The zero-order valence-electron chi connectivity index (χ0n) is 10.5. The van der Waals surface area contributed by atoms with Crippen LogP contribution in [0.15, 0.2) is 23.9 Å². The zero-order chi connectivity index (χ0) is 16.6. The molecule has 10 heteroatoms. The largest absolute Gasteiger partial charge is 0.623 e. The number of allylic oxidation sites excluding steroid dienone is 2. The summed E-state index contributed by atoms with van der Waals surface area (Å²) in [6.45, 7) is 0. The predicted octanol–water partition coefficient (Wildman–Crippen LogP) is 3.34. The predicted molar refractivity (Wildman–Crippen MR) is 90.7 cm³/mol. The molecule has 1 aliphatic rings. The van der Waals surface area contributed by atoms with Crippen LogP contribution in [0.5, 0.6) is 0 Å². The van der Waals surface area contributed by atoms with E-state index in [1.807, 2.05) is 0 Å². The van der Waals surface area contributed by atoms with Crippen molar-refractivity contribution in [3.8, 4) is 0 Å². The maximum absolute atomic E-state index is 11.7. The highest BCUT2D eigenvalue weighted by molar-refractivity contribution is 7.72. The Morgan fingerprint density at radius 2 is 1.45 bits per heavy atom. The van der Waals surface area contributed by atoms with Gasteiger partial charge in [0.25, 0.3) is 15.3 Å². The fourth-order valence-corrected chi connectivity index (χ4v) is 3.78. The Morgan fingerprint density at radius 3 is 1.95 bits per heavy atom. The molecule has 118 valence electrons. The molecule has 0 saturated heterocycles. The lowest BCUT2D eigenvalue weighted by Crippen LogP contribution is -3.06. The van der Waals surface area contributed by atoms with Crippen LogP contribution in [0.4, 0.5) is 0 Å². The SMILES string of the molecule is O=S(=O)=C1C(Cc2c(Cl)c(Cl)c(Cl)c(Cl)c2Cl)=CC=C[NH+]1[O-]. The highest BCUT2D eigenvalue weighted by atomic mass is 35.5. The molecule has 4 nitrogen and oxygen atoms in total. The Kier molecular flexibility index (Phi) is 5.85. The molecule has 0 bridgehead atoms. The van der Waals surface area contributed by atoms with Crippen LogP contribution in [-0.4, -0.2) is 13.4 Å². The zero-order valence-corrected chi connectivity index (χ0v) is 15.1. The van der Waals surface area contributed by atoms with Crippen LogP contribution in [0.1, 0.15) is 5.56 Å². The summed E-state index contributed by atoms with van der Waals surface area (Å²) in [5, 5.41) is 11.2. The highest BCUT2D eigenvalue weighted by Gasteiger charge is 2.24. The highest BCUT2D eigenvalue weighted by Crippen LogP contribution is 2.44. The van der Waals surface area contributed by atoms with E-state index in [0.29, 0.717) is 5.56 Å². The van der Waals surface area contributed by atoms with Gasteiger partial charge < -0.3 is 10.3 Å². The first kappa shape index (κ1) is 18.1. The number of quaternary nitrogens is 1. The van der Waals surface area contributed by atoms with Gasteiger partial charge >= 0.3 is 0 Å². The first-order valence-corrected chi connectivity index (χ1v) is 8.60. The van der Waals surface area contributed by atoms with Crippen molar-refractivity contribution in [3.63, 3.8) is 0 Å². The second kappa shape index (κ2) is 7.11. The van der Waals surface area contributed by atoms with Crippen molar-refractivity contribution in [3.05, 3.63) is 59.8 Å². The molecule has 1 heterocycles. The van der Waals surface area contributed by atoms with Crippen LogP contribution in [0.25, 0.3) is 0 Å². The Morgan fingerprint density at radius 1 is 0.955 bits per heavy atom. The lowest BCUT2D eigenvalue weighted by Gasteiger charge is -2.22. The van der Waals surface area contributed by atoms with Crippen molar-refractivity contribution in [1.29, 1.82) is 0 Å². The third-order valence-electron chi connectivity index (χ3n) is 2.90. The average molecular weight is 422 g/mol. The molecule has 0 saturated carbocycles. The second-order valence-electron chi connectivity index (χ2n) is 4.20. The van der Waals surface area contributed by atoms with Gasteiger partial charge in [-0.1, -0.05) is 58.0 Å². The molecule has 1 aromatic rings. The second-order valence-corrected chi connectivity index (χ2v) is 6.97. The van der Waals surface area contributed by atoms with Gasteiger partial charge in [0, 0.05) is 12.0 Å². The van der Waals surface area contributed by atoms with Crippen molar-refractivity contribution in [1.82, 2.24) is 0 Å². The molecule has 0 fully saturated rings. The summed E-state index contributed by atoms with van der Waals surface area (Å²) in [4.78, 5) is -0.350. The van der Waals surface area contributed by atoms with E-state index in [1.165, 1.54) is 12.2 Å². The van der Waals surface area contributed by atoms with E-state index in [9.17, 15) is 13.6 Å². The van der Waals surface area contributed by atoms with Crippen LogP contribution in [0, 0.1) is 5.21 Å². The summed E-state index contributed by atoms with van der Waals surface area (Å²) in [5.41, 5.74) is 0.527. The van der Waals surface area contributed by atoms with Crippen molar-refractivity contribution in [2.75, 3.05) is 0 Å². The van der Waals surface area contributed by atoms with Gasteiger partial charge in [-0.3, -0.25) is 0 Å². The minimum absolute atomic E-state index is 0.00674. The summed E-state index contributed by atoms with van der Waals surface area (Å²) < 4.78 is 22.5. The molecule has 22 heavy (non-hydrogen) atoms. The standard InChI is InChI=1S/C12H6Cl5NO3S/c13-7-6(8(14)10(16)11(17)9(7)15)4-5-2-1-3-18(19)12(5)22(20)21/h1-3,18H,4H2. The van der Waals surface area contributed by atoms with Gasteiger partial charge in [0.1, 0.15) is 6.20 Å². The molecular weight excluding hydrogens is 415 g/mol. The average Bonchev–Trinajstić information content (AvgIpc) is 2.47. The van der Waals surface area contributed by atoms with E-state index >= 15 is 0 Å². The number of benzene rings is 1. The third-order valence-corrected chi connectivity index (χ3v) is 6.05. The lowest BCUT2D eigenvalue weighted by molar-refractivity contribution is -0.680. The van der Waals surface area contributed by atoms with Crippen LogP contribution in [0.2, 0.25) is 25.1 Å². The normalized spacial score (nSPS) is 17.6. The van der Waals surface area contributed by atoms with Crippen LogP contribution < -0.4 is 5.06 Å². The summed E-state index contributed by atoms with van der Waals surface area (Å²) >= 11 is 30.0. The van der Waals surface area contributed by atoms with Gasteiger partial charge in [0.05, 0.1) is 25.1 Å². The van der Waals surface area contributed by atoms with Crippen molar-refractivity contribution >= 4 is 73.3 Å².